The minimum Gasteiger partial charge on any atom is -0.322 e. The van der Waals surface area contributed by atoms with Crippen LogP contribution in [-0.2, 0) is 0 Å². The molecule has 0 aliphatic heterocycles. The first-order chi connectivity index (χ1) is 10.1. The predicted molar refractivity (Wildman–Crippen MR) is 91.8 cm³/mol. The van der Waals surface area contributed by atoms with Gasteiger partial charge in [-0.25, -0.2) is 4.98 Å². The molecule has 0 radical (unpaired) electrons. The molecule has 2 heterocycles. The third kappa shape index (κ3) is 2.65. The molecule has 3 aromatic rings. The number of carbonyl (C=O) groups is 1. The Bertz CT molecular complexity index is 839. The molecule has 0 bridgehead atoms. The molecule has 106 valence electrons. The lowest BCUT2D eigenvalue weighted by molar-refractivity contribution is 0.102. The highest BCUT2D eigenvalue weighted by Gasteiger charge is 2.13. The smallest absolute Gasteiger partial charge is 0.259 e. The van der Waals surface area contributed by atoms with E-state index in [4.69, 9.17) is 0 Å². The van der Waals surface area contributed by atoms with Crippen molar-refractivity contribution in [1.29, 1.82) is 0 Å². The number of anilines is 1. The third-order valence-electron chi connectivity index (χ3n) is 3.50. The molecule has 0 saturated heterocycles. The molecular weight excluding hydrogens is 377 g/mol. The minimum atomic E-state index is -0.147. The quantitative estimate of drug-likeness (QED) is 0.676. The number of imidazole rings is 1. The normalized spacial score (nSPS) is 10.8. The van der Waals surface area contributed by atoms with E-state index < -0.39 is 0 Å². The molecule has 1 amide bonds. The Kier molecular flexibility index (Phi) is 3.67. The molecule has 2 aromatic heterocycles. The molecule has 4 nitrogen and oxygen atoms in total. The van der Waals surface area contributed by atoms with Crippen LogP contribution in [0, 0.1) is 17.5 Å². The summed E-state index contributed by atoms with van der Waals surface area (Å²) in [5.41, 5.74) is 4.40. The van der Waals surface area contributed by atoms with Crippen LogP contribution in [-0.4, -0.2) is 15.3 Å². The highest BCUT2D eigenvalue weighted by molar-refractivity contribution is 14.1. The van der Waals surface area contributed by atoms with Crippen LogP contribution in [0.5, 0.6) is 0 Å². The van der Waals surface area contributed by atoms with E-state index in [2.05, 4.69) is 32.9 Å². The molecule has 3 rings (SSSR count). The number of hydrogen-bond acceptors (Lipinski definition) is 2. The molecule has 5 heteroatoms. The predicted octanol–water partition coefficient (Wildman–Crippen LogP) is 3.81. The Morgan fingerprint density at radius 1 is 1.24 bits per heavy atom. The molecule has 1 aromatic carbocycles. The van der Waals surface area contributed by atoms with Crippen molar-refractivity contribution in [3.05, 3.63) is 63.1 Å². The van der Waals surface area contributed by atoms with Gasteiger partial charge >= 0.3 is 0 Å². The zero-order chi connectivity index (χ0) is 15.0. The van der Waals surface area contributed by atoms with E-state index in [1.54, 1.807) is 12.3 Å². The molecule has 0 atom stereocenters. The Morgan fingerprint density at radius 3 is 2.81 bits per heavy atom. The molecule has 0 spiro atoms. The third-order valence-corrected chi connectivity index (χ3v) is 4.30. The summed E-state index contributed by atoms with van der Waals surface area (Å²) in [4.78, 5) is 16.8. The van der Waals surface area contributed by atoms with Gasteiger partial charge in [0.1, 0.15) is 9.35 Å². The largest absolute Gasteiger partial charge is 0.322 e. The van der Waals surface area contributed by atoms with E-state index in [0.717, 1.165) is 15.0 Å². The van der Waals surface area contributed by atoms with Gasteiger partial charge in [0.2, 0.25) is 0 Å². The number of rotatable bonds is 2. The lowest BCUT2D eigenvalue weighted by Gasteiger charge is -2.08. The lowest BCUT2D eigenvalue weighted by atomic mass is 10.1. The summed E-state index contributed by atoms with van der Waals surface area (Å²) in [5.74, 6) is -0.147. The summed E-state index contributed by atoms with van der Waals surface area (Å²) < 4.78 is 2.87. The second-order valence-electron chi connectivity index (χ2n) is 4.95. The van der Waals surface area contributed by atoms with Crippen molar-refractivity contribution in [2.24, 2.45) is 0 Å². The van der Waals surface area contributed by atoms with Crippen LogP contribution in [0.3, 0.4) is 0 Å². The molecule has 1 N–H and O–H groups in total. The van der Waals surface area contributed by atoms with Gasteiger partial charge in [0.05, 0.1) is 11.8 Å². The number of fused-ring (bicyclic) bond motifs is 1. The summed E-state index contributed by atoms with van der Waals surface area (Å²) >= 11 is 2.19. The maximum Gasteiger partial charge on any atom is 0.259 e. The van der Waals surface area contributed by atoms with Crippen LogP contribution >= 0.6 is 22.6 Å². The van der Waals surface area contributed by atoms with Gasteiger partial charge in [0, 0.05) is 11.9 Å². The Balaban J connectivity index is 1.95. The van der Waals surface area contributed by atoms with Crippen LogP contribution in [0.15, 0.2) is 42.7 Å². The van der Waals surface area contributed by atoms with Crippen molar-refractivity contribution in [2.45, 2.75) is 13.8 Å². The van der Waals surface area contributed by atoms with Crippen molar-refractivity contribution in [1.82, 2.24) is 9.38 Å². The number of carbonyl (C=O) groups excluding carboxylic acids is 1. The standard InChI is InChI=1S/C16H14IN3O/c1-10-5-6-12(8-11(10)2)19-16(21)13-4-3-7-20-14(17)9-18-15(13)20/h3-9H,1-2H3,(H,19,21). The second-order valence-corrected chi connectivity index (χ2v) is 6.05. The lowest BCUT2D eigenvalue weighted by Crippen LogP contribution is -2.13. The fourth-order valence-electron chi connectivity index (χ4n) is 2.18. The Hall–Kier alpha value is -1.89. The second kappa shape index (κ2) is 5.48. The maximum absolute atomic E-state index is 12.5. The summed E-state index contributed by atoms with van der Waals surface area (Å²) in [5, 5.41) is 2.93. The highest BCUT2D eigenvalue weighted by Crippen LogP contribution is 2.18. The number of pyridine rings is 1. The zero-order valence-electron chi connectivity index (χ0n) is 11.7. The van der Waals surface area contributed by atoms with Crippen LogP contribution in [0.1, 0.15) is 21.5 Å². The number of aromatic nitrogens is 2. The van der Waals surface area contributed by atoms with E-state index in [1.807, 2.05) is 48.7 Å². The zero-order valence-corrected chi connectivity index (χ0v) is 13.9. The summed E-state index contributed by atoms with van der Waals surface area (Å²) in [6.07, 6.45) is 3.65. The molecule has 0 fully saturated rings. The van der Waals surface area contributed by atoms with Crippen LogP contribution in [0.25, 0.3) is 5.65 Å². The first-order valence-corrected chi connectivity index (χ1v) is 7.64. The van der Waals surface area contributed by atoms with Gasteiger partial charge in [-0.3, -0.25) is 9.20 Å². The number of halogens is 1. The first kappa shape index (κ1) is 14.1. The van der Waals surface area contributed by atoms with Gasteiger partial charge < -0.3 is 5.32 Å². The minimum absolute atomic E-state index is 0.147. The van der Waals surface area contributed by atoms with E-state index >= 15 is 0 Å². The average Bonchev–Trinajstić information content (AvgIpc) is 2.85. The van der Waals surface area contributed by atoms with Gasteiger partial charge in [-0.2, -0.15) is 0 Å². The Morgan fingerprint density at radius 2 is 2.05 bits per heavy atom. The number of aryl methyl sites for hydroxylation is 2. The van der Waals surface area contributed by atoms with Crippen molar-refractivity contribution >= 4 is 39.8 Å². The van der Waals surface area contributed by atoms with E-state index in [1.165, 1.54) is 5.56 Å². The van der Waals surface area contributed by atoms with E-state index in [-0.39, 0.29) is 5.91 Å². The summed E-state index contributed by atoms with van der Waals surface area (Å²) in [7, 11) is 0. The van der Waals surface area contributed by atoms with Crippen molar-refractivity contribution in [3.8, 4) is 0 Å². The van der Waals surface area contributed by atoms with Gasteiger partial charge in [0.25, 0.3) is 5.91 Å². The van der Waals surface area contributed by atoms with Crippen LogP contribution in [0.2, 0.25) is 0 Å². The molecule has 0 aliphatic rings. The van der Waals surface area contributed by atoms with Gasteiger partial charge in [-0.1, -0.05) is 6.07 Å². The van der Waals surface area contributed by atoms with E-state index in [9.17, 15) is 4.79 Å². The molecular formula is C16H14IN3O. The van der Waals surface area contributed by atoms with Gasteiger partial charge in [0.15, 0.2) is 0 Å². The number of amides is 1. The van der Waals surface area contributed by atoms with Crippen molar-refractivity contribution in [2.75, 3.05) is 5.32 Å². The number of nitrogens with one attached hydrogen (secondary N) is 1. The van der Waals surface area contributed by atoms with E-state index in [0.29, 0.717) is 11.2 Å². The SMILES string of the molecule is Cc1ccc(NC(=O)c2cccn3c(I)cnc23)cc1C. The molecule has 0 aliphatic carbocycles. The topological polar surface area (TPSA) is 46.4 Å². The van der Waals surface area contributed by atoms with Gasteiger partial charge in [-0.05, 0) is 71.8 Å². The van der Waals surface area contributed by atoms with Crippen LogP contribution < -0.4 is 5.32 Å². The number of hydrogen-bond donors (Lipinski definition) is 1. The fourth-order valence-corrected chi connectivity index (χ4v) is 2.70. The molecule has 0 saturated carbocycles. The molecule has 21 heavy (non-hydrogen) atoms. The summed E-state index contributed by atoms with van der Waals surface area (Å²) in [6.45, 7) is 4.08. The van der Waals surface area contributed by atoms with Gasteiger partial charge in [-0.15, -0.1) is 0 Å². The first-order valence-electron chi connectivity index (χ1n) is 6.56. The molecule has 0 unspecified atom stereocenters. The summed E-state index contributed by atoms with van der Waals surface area (Å²) in [6, 6.07) is 9.53. The Labute approximate surface area is 136 Å². The fraction of sp³-hybridized carbons (Fsp3) is 0.125. The van der Waals surface area contributed by atoms with Crippen molar-refractivity contribution in [3.63, 3.8) is 0 Å². The van der Waals surface area contributed by atoms with Crippen molar-refractivity contribution < 1.29 is 4.79 Å². The monoisotopic (exact) mass is 391 g/mol. The average molecular weight is 391 g/mol. The number of nitrogens with zero attached hydrogens (tertiary/aromatic N) is 2. The highest BCUT2D eigenvalue weighted by atomic mass is 127. The maximum atomic E-state index is 12.5. The number of benzene rings is 1. The van der Waals surface area contributed by atoms with Crippen LogP contribution in [0.4, 0.5) is 5.69 Å².